The predicted molar refractivity (Wildman–Crippen MR) is 110 cm³/mol. The Morgan fingerprint density at radius 3 is 1.68 bits per heavy atom. The SMILES string of the molecule is Cc1ccc(-c2ccc(N(c3ccc(C)cc3C)C(C)C)cc2)cc1. The molecule has 128 valence electrons. The van der Waals surface area contributed by atoms with Crippen molar-refractivity contribution in [3.05, 3.63) is 83.4 Å². The lowest BCUT2D eigenvalue weighted by Gasteiger charge is -2.31. The molecular weight excluding hydrogens is 302 g/mol. The summed E-state index contributed by atoms with van der Waals surface area (Å²) in [5.41, 5.74) is 8.95. The molecule has 0 heterocycles. The maximum atomic E-state index is 2.41. The van der Waals surface area contributed by atoms with Gasteiger partial charge >= 0.3 is 0 Å². The number of nitrogens with zero attached hydrogens (tertiary/aromatic N) is 1. The Morgan fingerprint density at radius 2 is 1.16 bits per heavy atom. The van der Waals surface area contributed by atoms with Gasteiger partial charge in [-0.1, -0.05) is 59.7 Å². The van der Waals surface area contributed by atoms with Gasteiger partial charge in [0, 0.05) is 17.4 Å². The Kier molecular flexibility index (Phi) is 4.94. The molecule has 0 bridgehead atoms. The first-order chi connectivity index (χ1) is 12.0. The van der Waals surface area contributed by atoms with Crippen molar-refractivity contribution in [1.29, 1.82) is 0 Å². The first kappa shape index (κ1) is 17.3. The fourth-order valence-corrected chi connectivity index (χ4v) is 3.35. The number of hydrogen-bond acceptors (Lipinski definition) is 1. The van der Waals surface area contributed by atoms with Crippen molar-refractivity contribution >= 4 is 11.4 Å². The van der Waals surface area contributed by atoms with E-state index in [1.54, 1.807) is 0 Å². The Labute approximate surface area is 151 Å². The molecular formula is C24H27N. The van der Waals surface area contributed by atoms with Crippen LogP contribution >= 0.6 is 0 Å². The maximum Gasteiger partial charge on any atom is 0.0443 e. The zero-order valence-electron chi connectivity index (χ0n) is 15.9. The Morgan fingerprint density at radius 1 is 0.640 bits per heavy atom. The molecule has 3 aromatic carbocycles. The van der Waals surface area contributed by atoms with E-state index in [4.69, 9.17) is 0 Å². The molecule has 0 aliphatic rings. The topological polar surface area (TPSA) is 3.24 Å². The van der Waals surface area contributed by atoms with Gasteiger partial charge in [0.2, 0.25) is 0 Å². The molecule has 0 saturated carbocycles. The van der Waals surface area contributed by atoms with Crippen molar-refractivity contribution < 1.29 is 0 Å². The molecule has 0 unspecified atom stereocenters. The average molecular weight is 329 g/mol. The molecule has 0 N–H and O–H groups in total. The molecule has 0 fully saturated rings. The third-order valence-electron chi connectivity index (χ3n) is 4.66. The molecule has 0 spiro atoms. The minimum absolute atomic E-state index is 0.395. The molecule has 0 radical (unpaired) electrons. The highest BCUT2D eigenvalue weighted by atomic mass is 15.2. The van der Waals surface area contributed by atoms with Gasteiger partial charge in [-0.05, 0) is 69.5 Å². The lowest BCUT2D eigenvalue weighted by Crippen LogP contribution is -2.26. The van der Waals surface area contributed by atoms with E-state index in [-0.39, 0.29) is 0 Å². The molecule has 3 rings (SSSR count). The molecule has 0 aliphatic carbocycles. The summed E-state index contributed by atoms with van der Waals surface area (Å²) in [5, 5.41) is 0. The number of hydrogen-bond donors (Lipinski definition) is 0. The summed E-state index contributed by atoms with van der Waals surface area (Å²) in [5.74, 6) is 0. The van der Waals surface area contributed by atoms with Crippen LogP contribution in [0.5, 0.6) is 0 Å². The second-order valence-corrected chi connectivity index (χ2v) is 7.17. The van der Waals surface area contributed by atoms with Crippen LogP contribution in [0.4, 0.5) is 11.4 Å². The highest BCUT2D eigenvalue weighted by Crippen LogP contribution is 2.32. The van der Waals surface area contributed by atoms with E-state index in [1.807, 2.05) is 0 Å². The van der Waals surface area contributed by atoms with Gasteiger partial charge in [-0.3, -0.25) is 0 Å². The van der Waals surface area contributed by atoms with Crippen LogP contribution in [0.1, 0.15) is 30.5 Å². The van der Waals surface area contributed by atoms with Crippen LogP contribution in [-0.4, -0.2) is 6.04 Å². The number of aryl methyl sites for hydroxylation is 3. The molecule has 0 atom stereocenters. The first-order valence-electron chi connectivity index (χ1n) is 8.99. The van der Waals surface area contributed by atoms with Crippen molar-refractivity contribution in [2.45, 2.75) is 40.7 Å². The number of anilines is 2. The summed E-state index contributed by atoms with van der Waals surface area (Å²) in [7, 11) is 0. The monoisotopic (exact) mass is 329 g/mol. The number of rotatable bonds is 4. The molecule has 0 saturated heterocycles. The van der Waals surface area contributed by atoms with Crippen LogP contribution in [0.25, 0.3) is 11.1 Å². The summed E-state index contributed by atoms with van der Waals surface area (Å²) in [6.45, 7) is 10.9. The van der Waals surface area contributed by atoms with Crippen LogP contribution in [-0.2, 0) is 0 Å². The normalized spacial score (nSPS) is 11.0. The summed E-state index contributed by atoms with van der Waals surface area (Å²) in [4.78, 5) is 2.41. The van der Waals surface area contributed by atoms with Crippen molar-refractivity contribution in [1.82, 2.24) is 0 Å². The largest absolute Gasteiger partial charge is 0.339 e. The van der Waals surface area contributed by atoms with Gasteiger partial charge in [0.1, 0.15) is 0 Å². The van der Waals surface area contributed by atoms with Gasteiger partial charge in [0.25, 0.3) is 0 Å². The second-order valence-electron chi connectivity index (χ2n) is 7.17. The zero-order chi connectivity index (χ0) is 18.0. The summed E-state index contributed by atoms with van der Waals surface area (Å²) in [6.07, 6.45) is 0. The van der Waals surface area contributed by atoms with Crippen LogP contribution in [0.3, 0.4) is 0 Å². The van der Waals surface area contributed by atoms with Crippen LogP contribution in [0, 0.1) is 20.8 Å². The van der Waals surface area contributed by atoms with Crippen LogP contribution < -0.4 is 4.90 Å². The molecule has 0 amide bonds. The Balaban J connectivity index is 1.96. The van der Waals surface area contributed by atoms with Crippen molar-refractivity contribution in [3.63, 3.8) is 0 Å². The predicted octanol–water partition coefficient (Wildman–Crippen LogP) is 6.83. The van der Waals surface area contributed by atoms with E-state index in [2.05, 4.69) is 106 Å². The fraction of sp³-hybridized carbons (Fsp3) is 0.250. The summed E-state index contributed by atoms with van der Waals surface area (Å²) >= 11 is 0. The van der Waals surface area contributed by atoms with Gasteiger partial charge in [0.05, 0.1) is 0 Å². The average Bonchev–Trinajstić information content (AvgIpc) is 2.58. The minimum Gasteiger partial charge on any atom is -0.339 e. The van der Waals surface area contributed by atoms with E-state index >= 15 is 0 Å². The molecule has 3 aromatic rings. The fourth-order valence-electron chi connectivity index (χ4n) is 3.35. The van der Waals surface area contributed by atoms with Crippen LogP contribution in [0.15, 0.2) is 66.7 Å². The van der Waals surface area contributed by atoms with E-state index in [0.717, 1.165) is 0 Å². The van der Waals surface area contributed by atoms with Crippen molar-refractivity contribution in [3.8, 4) is 11.1 Å². The van der Waals surface area contributed by atoms with Gasteiger partial charge in [0.15, 0.2) is 0 Å². The number of benzene rings is 3. The van der Waals surface area contributed by atoms with Crippen molar-refractivity contribution in [2.24, 2.45) is 0 Å². The third-order valence-corrected chi connectivity index (χ3v) is 4.66. The summed E-state index contributed by atoms with van der Waals surface area (Å²) < 4.78 is 0. The van der Waals surface area contributed by atoms with Gasteiger partial charge in [-0.15, -0.1) is 0 Å². The molecule has 25 heavy (non-hydrogen) atoms. The highest BCUT2D eigenvalue weighted by molar-refractivity contribution is 5.71. The standard InChI is InChI=1S/C24H27N/c1-17(2)25(24-15-8-19(4)16-20(24)5)23-13-11-22(12-14-23)21-9-6-18(3)7-10-21/h6-17H,1-5H3. The maximum absolute atomic E-state index is 2.41. The quantitative estimate of drug-likeness (QED) is 0.507. The molecule has 0 aromatic heterocycles. The molecule has 0 aliphatic heterocycles. The highest BCUT2D eigenvalue weighted by Gasteiger charge is 2.15. The van der Waals surface area contributed by atoms with Crippen LogP contribution in [0.2, 0.25) is 0 Å². The Bertz CT molecular complexity index is 842. The smallest absolute Gasteiger partial charge is 0.0443 e. The minimum atomic E-state index is 0.395. The molecule has 1 nitrogen and oxygen atoms in total. The van der Waals surface area contributed by atoms with E-state index in [9.17, 15) is 0 Å². The van der Waals surface area contributed by atoms with Gasteiger partial charge in [-0.2, -0.15) is 0 Å². The van der Waals surface area contributed by atoms with E-state index in [0.29, 0.717) is 6.04 Å². The lowest BCUT2D eigenvalue weighted by molar-refractivity contribution is 0.786. The zero-order valence-corrected chi connectivity index (χ0v) is 15.9. The van der Waals surface area contributed by atoms with E-state index in [1.165, 1.54) is 39.2 Å². The summed E-state index contributed by atoms with van der Waals surface area (Å²) in [6, 6.07) is 24.7. The van der Waals surface area contributed by atoms with Gasteiger partial charge in [-0.25, -0.2) is 0 Å². The first-order valence-corrected chi connectivity index (χ1v) is 8.99. The van der Waals surface area contributed by atoms with Gasteiger partial charge < -0.3 is 4.90 Å². The lowest BCUT2D eigenvalue weighted by atomic mass is 10.0. The van der Waals surface area contributed by atoms with E-state index < -0.39 is 0 Å². The molecule has 1 heteroatoms. The van der Waals surface area contributed by atoms with Crippen molar-refractivity contribution in [2.75, 3.05) is 4.90 Å². The second kappa shape index (κ2) is 7.14. The third kappa shape index (κ3) is 3.76. The Hall–Kier alpha value is -2.54.